The molecular weight excluding hydrogens is 375 g/mol. The number of amides is 2. The molecule has 0 saturated carbocycles. The number of halogens is 1. The molecule has 2 heterocycles. The van der Waals surface area contributed by atoms with Crippen LogP contribution in [0.25, 0.3) is 0 Å². The Morgan fingerprint density at radius 1 is 1.14 bits per heavy atom. The van der Waals surface area contributed by atoms with E-state index in [1.54, 1.807) is 4.90 Å². The molecule has 2 aliphatic rings. The van der Waals surface area contributed by atoms with Crippen LogP contribution in [0.15, 0.2) is 24.3 Å². The highest BCUT2D eigenvalue weighted by atomic mass is 19.1. The summed E-state index contributed by atoms with van der Waals surface area (Å²) >= 11 is 0. The molecule has 0 aliphatic carbocycles. The highest BCUT2D eigenvalue weighted by Gasteiger charge is 2.40. The number of hydrogen-bond acceptors (Lipinski definition) is 4. The largest absolute Gasteiger partial charge is 0.484 e. The van der Waals surface area contributed by atoms with Crippen LogP contribution in [0.2, 0.25) is 0 Å². The third-order valence-corrected chi connectivity index (χ3v) is 6.21. The smallest absolute Gasteiger partial charge is 0.260 e. The first kappa shape index (κ1) is 21.6. The summed E-state index contributed by atoms with van der Waals surface area (Å²) in [7, 11) is 0. The van der Waals surface area contributed by atoms with Crippen LogP contribution in [0.3, 0.4) is 0 Å². The van der Waals surface area contributed by atoms with E-state index in [0.717, 1.165) is 25.9 Å². The van der Waals surface area contributed by atoms with E-state index in [1.165, 1.54) is 24.3 Å². The molecule has 3 rings (SSSR count). The van der Waals surface area contributed by atoms with E-state index < -0.39 is 0 Å². The summed E-state index contributed by atoms with van der Waals surface area (Å²) in [6, 6.07) is 5.59. The summed E-state index contributed by atoms with van der Waals surface area (Å²) in [5, 5.41) is 9.84. The predicted octanol–water partition coefficient (Wildman–Crippen LogP) is 2.17. The summed E-state index contributed by atoms with van der Waals surface area (Å²) in [5.41, 5.74) is 0. The minimum Gasteiger partial charge on any atom is -0.484 e. The normalized spacial score (nSPS) is 22.9. The number of likely N-dealkylation sites (tertiary alicyclic amines) is 2. The molecule has 2 aliphatic heterocycles. The zero-order valence-corrected chi connectivity index (χ0v) is 17.2. The Bertz CT molecular complexity index is 701. The minimum absolute atomic E-state index is 0.0115. The number of rotatable bonds is 6. The van der Waals surface area contributed by atoms with Gasteiger partial charge in [-0.15, -0.1) is 0 Å². The zero-order valence-electron chi connectivity index (χ0n) is 17.2. The van der Waals surface area contributed by atoms with E-state index in [2.05, 4.69) is 0 Å². The van der Waals surface area contributed by atoms with Crippen LogP contribution < -0.4 is 4.74 Å². The highest BCUT2D eigenvalue weighted by molar-refractivity contribution is 5.78. The number of carbonyl (C=O) groups excluding carboxylic acids is 2. The lowest BCUT2D eigenvalue weighted by Gasteiger charge is -2.37. The van der Waals surface area contributed by atoms with E-state index in [9.17, 15) is 19.1 Å². The van der Waals surface area contributed by atoms with Crippen molar-refractivity contribution in [1.82, 2.24) is 9.80 Å². The van der Waals surface area contributed by atoms with Crippen LogP contribution in [0.4, 0.5) is 4.39 Å². The molecular formula is C22H31FN2O4. The van der Waals surface area contributed by atoms with Gasteiger partial charge in [0.25, 0.3) is 5.91 Å². The molecule has 1 aromatic carbocycles. The first-order chi connectivity index (χ1) is 13.9. The Labute approximate surface area is 171 Å². The van der Waals surface area contributed by atoms with E-state index in [1.807, 2.05) is 18.7 Å². The molecule has 2 amide bonds. The van der Waals surface area contributed by atoms with Crippen LogP contribution in [0.1, 0.15) is 26.7 Å². The van der Waals surface area contributed by atoms with E-state index in [-0.39, 0.29) is 48.6 Å². The molecule has 0 spiro atoms. The van der Waals surface area contributed by atoms with Crippen molar-refractivity contribution in [3.8, 4) is 5.75 Å². The fourth-order valence-electron chi connectivity index (χ4n) is 4.51. The number of benzene rings is 1. The second-order valence-electron chi connectivity index (χ2n) is 8.47. The lowest BCUT2D eigenvalue weighted by Crippen LogP contribution is -2.43. The molecule has 0 bridgehead atoms. The number of ether oxygens (including phenoxy) is 1. The van der Waals surface area contributed by atoms with Gasteiger partial charge in [-0.25, -0.2) is 4.39 Å². The maximum absolute atomic E-state index is 13.0. The van der Waals surface area contributed by atoms with Crippen molar-refractivity contribution in [2.75, 3.05) is 39.4 Å². The van der Waals surface area contributed by atoms with Crippen molar-refractivity contribution in [3.63, 3.8) is 0 Å². The van der Waals surface area contributed by atoms with Crippen molar-refractivity contribution in [1.29, 1.82) is 0 Å². The van der Waals surface area contributed by atoms with Crippen molar-refractivity contribution in [2.24, 2.45) is 23.7 Å². The summed E-state index contributed by atoms with van der Waals surface area (Å²) in [4.78, 5) is 28.5. The molecule has 0 radical (unpaired) electrons. The lowest BCUT2D eigenvalue weighted by molar-refractivity contribution is -0.136. The summed E-state index contributed by atoms with van der Waals surface area (Å²) in [6.45, 7) is 6.43. The van der Waals surface area contributed by atoms with Crippen molar-refractivity contribution < 1.29 is 23.8 Å². The van der Waals surface area contributed by atoms with Crippen LogP contribution in [-0.2, 0) is 9.59 Å². The molecule has 29 heavy (non-hydrogen) atoms. The van der Waals surface area contributed by atoms with E-state index >= 15 is 0 Å². The topological polar surface area (TPSA) is 70.1 Å². The minimum atomic E-state index is -0.349. The quantitative estimate of drug-likeness (QED) is 0.786. The standard InChI is InChI=1S/C22H31FN2O4/c1-15(2)22(28)24-9-7-16(8-10-24)20-12-25(11-17(20)13-26)21(27)14-29-19-5-3-18(23)4-6-19/h3-6,15-17,20,26H,7-14H2,1-2H3/t17-,20-/m0/s1. The van der Waals surface area contributed by atoms with Crippen molar-refractivity contribution in [3.05, 3.63) is 30.1 Å². The Kier molecular flexibility index (Phi) is 7.11. The van der Waals surface area contributed by atoms with Gasteiger partial charge >= 0.3 is 0 Å². The third-order valence-electron chi connectivity index (χ3n) is 6.21. The van der Waals surface area contributed by atoms with Gasteiger partial charge in [0.1, 0.15) is 11.6 Å². The van der Waals surface area contributed by atoms with Crippen LogP contribution >= 0.6 is 0 Å². The summed E-state index contributed by atoms with van der Waals surface area (Å²) in [5.74, 6) is 0.894. The van der Waals surface area contributed by atoms with Gasteiger partial charge in [0.15, 0.2) is 6.61 Å². The summed E-state index contributed by atoms with van der Waals surface area (Å²) in [6.07, 6.45) is 1.82. The molecule has 2 fully saturated rings. The number of aliphatic hydroxyl groups is 1. The first-order valence-corrected chi connectivity index (χ1v) is 10.4. The van der Waals surface area contributed by atoms with Gasteiger partial charge in [0.05, 0.1) is 0 Å². The molecule has 1 N–H and O–H groups in total. The van der Waals surface area contributed by atoms with Crippen LogP contribution in [0.5, 0.6) is 5.75 Å². The Morgan fingerprint density at radius 2 is 1.79 bits per heavy atom. The van der Waals surface area contributed by atoms with Gasteiger partial charge in [-0.2, -0.15) is 0 Å². The Morgan fingerprint density at radius 3 is 2.38 bits per heavy atom. The second kappa shape index (κ2) is 9.57. The molecule has 160 valence electrons. The maximum Gasteiger partial charge on any atom is 0.260 e. The SMILES string of the molecule is CC(C)C(=O)N1CCC([C@@H]2CN(C(=O)COc3ccc(F)cc3)C[C@H]2CO)CC1. The maximum atomic E-state index is 13.0. The molecule has 1 aromatic rings. The fourth-order valence-corrected chi connectivity index (χ4v) is 4.51. The number of aliphatic hydroxyl groups excluding tert-OH is 1. The van der Waals surface area contributed by atoms with Crippen molar-refractivity contribution in [2.45, 2.75) is 26.7 Å². The van der Waals surface area contributed by atoms with E-state index in [4.69, 9.17) is 4.74 Å². The Hall–Kier alpha value is -2.15. The summed E-state index contributed by atoms with van der Waals surface area (Å²) < 4.78 is 18.4. The third kappa shape index (κ3) is 5.26. The predicted molar refractivity (Wildman–Crippen MR) is 107 cm³/mol. The molecule has 2 saturated heterocycles. The molecule has 6 nitrogen and oxygen atoms in total. The Balaban J connectivity index is 1.52. The van der Waals surface area contributed by atoms with E-state index in [0.29, 0.717) is 24.8 Å². The second-order valence-corrected chi connectivity index (χ2v) is 8.47. The van der Waals surface area contributed by atoms with Gasteiger partial charge in [0.2, 0.25) is 5.91 Å². The monoisotopic (exact) mass is 406 g/mol. The highest BCUT2D eigenvalue weighted by Crippen LogP contribution is 2.36. The average Bonchev–Trinajstić information content (AvgIpc) is 3.17. The van der Waals surface area contributed by atoms with Gasteiger partial charge in [-0.1, -0.05) is 13.8 Å². The molecule has 0 unspecified atom stereocenters. The first-order valence-electron chi connectivity index (χ1n) is 10.4. The number of piperidine rings is 1. The number of hydrogen-bond donors (Lipinski definition) is 1. The van der Waals surface area contributed by atoms with Gasteiger partial charge in [-0.3, -0.25) is 9.59 Å². The van der Waals surface area contributed by atoms with Crippen LogP contribution in [-0.4, -0.2) is 66.1 Å². The fraction of sp³-hybridized carbons (Fsp3) is 0.636. The average molecular weight is 406 g/mol. The number of carbonyl (C=O) groups is 2. The molecule has 2 atom stereocenters. The number of nitrogens with zero attached hydrogens (tertiary/aromatic N) is 2. The molecule has 7 heteroatoms. The van der Waals surface area contributed by atoms with Crippen LogP contribution in [0, 0.1) is 29.5 Å². The zero-order chi connectivity index (χ0) is 21.0. The van der Waals surface area contributed by atoms with Gasteiger partial charge in [0, 0.05) is 44.6 Å². The lowest BCUT2D eigenvalue weighted by atomic mass is 9.78. The van der Waals surface area contributed by atoms with Gasteiger partial charge in [-0.05, 0) is 48.9 Å². The molecule has 0 aromatic heterocycles. The van der Waals surface area contributed by atoms with Crippen molar-refractivity contribution >= 4 is 11.8 Å². The van der Waals surface area contributed by atoms with Gasteiger partial charge < -0.3 is 19.6 Å².